The van der Waals surface area contributed by atoms with E-state index in [2.05, 4.69) is 18.0 Å². The van der Waals surface area contributed by atoms with Crippen molar-refractivity contribution in [3.8, 4) is 0 Å². The predicted molar refractivity (Wildman–Crippen MR) is 48.0 cm³/mol. The smallest absolute Gasteiger partial charge is 0.0856 e. The summed E-state index contributed by atoms with van der Waals surface area (Å²) in [6.45, 7) is 3.34. The Hall–Kier alpha value is -0.930. The number of aryl methyl sites for hydroxylation is 1. The lowest BCUT2D eigenvalue weighted by Crippen LogP contribution is -2.01. The van der Waals surface area contributed by atoms with Crippen molar-refractivity contribution in [3.05, 3.63) is 28.6 Å². The summed E-state index contributed by atoms with van der Waals surface area (Å²) < 4.78 is 5.31. The summed E-state index contributed by atoms with van der Waals surface area (Å²) in [5.74, 6) is 0. The Labute approximate surface area is 77.4 Å². The maximum atomic E-state index is 9.10. The highest BCUT2D eigenvalue weighted by Crippen LogP contribution is 2.23. The van der Waals surface area contributed by atoms with Crippen molar-refractivity contribution in [3.63, 3.8) is 0 Å². The number of aromatic nitrogens is 1. The fourth-order valence-electron chi connectivity index (χ4n) is 1.63. The van der Waals surface area contributed by atoms with Crippen LogP contribution in [0.1, 0.15) is 29.4 Å². The van der Waals surface area contributed by atoms with Gasteiger partial charge >= 0.3 is 0 Å². The van der Waals surface area contributed by atoms with Gasteiger partial charge in [0.15, 0.2) is 0 Å². The third-order valence-corrected chi connectivity index (χ3v) is 2.37. The molecular weight excluding hydrogens is 166 g/mol. The zero-order valence-corrected chi connectivity index (χ0v) is 7.71. The number of ether oxygens (including phenoxy) is 1. The highest BCUT2D eigenvalue weighted by Gasteiger charge is 2.16. The second kappa shape index (κ2) is 3.44. The van der Waals surface area contributed by atoms with Gasteiger partial charge in [0.25, 0.3) is 0 Å². The number of aliphatic hydroxyl groups is 1. The molecule has 2 rings (SSSR count). The molecule has 0 aromatic carbocycles. The Bertz CT molecular complexity index is 323. The second-order valence-electron chi connectivity index (χ2n) is 3.20. The van der Waals surface area contributed by atoms with Gasteiger partial charge in [-0.3, -0.25) is 4.98 Å². The van der Waals surface area contributed by atoms with Crippen LogP contribution in [0.2, 0.25) is 0 Å². The Morgan fingerprint density at radius 1 is 1.54 bits per heavy atom. The van der Waals surface area contributed by atoms with E-state index in [1.807, 2.05) is 0 Å². The third kappa shape index (κ3) is 1.45. The molecule has 3 heteroatoms. The Balaban J connectivity index is 2.49. The van der Waals surface area contributed by atoms with Gasteiger partial charge in [-0.25, -0.2) is 0 Å². The van der Waals surface area contributed by atoms with Crippen molar-refractivity contribution in [1.82, 2.24) is 4.98 Å². The van der Waals surface area contributed by atoms with Crippen LogP contribution in [-0.4, -0.2) is 10.1 Å². The molecule has 0 radical (unpaired) electrons. The molecule has 0 saturated heterocycles. The van der Waals surface area contributed by atoms with Crippen molar-refractivity contribution >= 4 is 0 Å². The number of hydrogen-bond acceptors (Lipinski definition) is 3. The Morgan fingerprint density at radius 2 is 2.38 bits per heavy atom. The molecule has 0 bridgehead atoms. The molecule has 1 aromatic rings. The molecule has 0 atom stereocenters. The van der Waals surface area contributed by atoms with Gasteiger partial charge in [0.2, 0.25) is 0 Å². The zero-order valence-electron chi connectivity index (χ0n) is 7.71. The van der Waals surface area contributed by atoms with E-state index in [4.69, 9.17) is 9.84 Å². The number of fused-ring (bicyclic) bond motifs is 1. The third-order valence-electron chi connectivity index (χ3n) is 2.37. The lowest BCUT2D eigenvalue weighted by Gasteiger charge is -2.05. The minimum Gasteiger partial charge on any atom is -0.390 e. The number of nitrogens with zero attached hydrogens (tertiary/aromatic N) is 1. The molecule has 0 fully saturated rings. The second-order valence-corrected chi connectivity index (χ2v) is 3.20. The van der Waals surface area contributed by atoms with Crippen molar-refractivity contribution in [2.75, 3.05) is 0 Å². The summed E-state index contributed by atoms with van der Waals surface area (Å²) in [5.41, 5.74) is 4.09. The van der Waals surface area contributed by atoms with Crippen molar-refractivity contribution in [2.45, 2.75) is 33.2 Å². The summed E-state index contributed by atoms with van der Waals surface area (Å²) in [6.07, 6.45) is 0.903. The summed E-state index contributed by atoms with van der Waals surface area (Å²) in [4.78, 5) is 4.35. The first-order chi connectivity index (χ1) is 6.35. The molecule has 1 aromatic heterocycles. The molecule has 13 heavy (non-hydrogen) atoms. The minimum absolute atomic E-state index is 0.0134. The molecule has 0 spiro atoms. The molecule has 3 nitrogen and oxygen atoms in total. The van der Waals surface area contributed by atoms with Gasteiger partial charge in [-0.05, 0) is 18.1 Å². The standard InChI is InChI=1S/C10H13NO2/c1-2-8-3-7-5-13-6-9(7)10(4-12)11-8/h3,12H,2,4-6H2,1H3. The summed E-state index contributed by atoms with van der Waals surface area (Å²) >= 11 is 0. The van der Waals surface area contributed by atoms with E-state index in [0.29, 0.717) is 13.2 Å². The normalized spacial score (nSPS) is 14.6. The van der Waals surface area contributed by atoms with Crippen molar-refractivity contribution < 1.29 is 9.84 Å². The average molecular weight is 179 g/mol. The first kappa shape index (κ1) is 8.66. The van der Waals surface area contributed by atoms with Crippen molar-refractivity contribution in [1.29, 1.82) is 0 Å². The molecule has 1 aliphatic heterocycles. The monoisotopic (exact) mass is 179 g/mol. The molecule has 0 aliphatic carbocycles. The molecule has 0 saturated carbocycles. The summed E-state index contributed by atoms with van der Waals surface area (Å²) in [7, 11) is 0. The number of pyridine rings is 1. The van der Waals surface area contributed by atoms with Crippen LogP contribution in [0.3, 0.4) is 0 Å². The summed E-state index contributed by atoms with van der Waals surface area (Å²) in [5, 5.41) is 9.10. The number of hydrogen-bond donors (Lipinski definition) is 1. The van der Waals surface area contributed by atoms with Crippen LogP contribution in [0.15, 0.2) is 6.07 Å². The summed E-state index contributed by atoms with van der Waals surface area (Å²) in [6, 6.07) is 2.07. The van der Waals surface area contributed by atoms with Crippen molar-refractivity contribution in [2.24, 2.45) is 0 Å². The molecule has 2 heterocycles. The van der Waals surface area contributed by atoms with Crippen LogP contribution in [-0.2, 0) is 31.0 Å². The van der Waals surface area contributed by atoms with Gasteiger partial charge in [-0.1, -0.05) is 6.92 Å². The van der Waals surface area contributed by atoms with Crippen LogP contribution < -0.4 is 0 Å². The first-order valence-corrected chi connectivity index (χ1v) is 4.54. The van der Waals surface area contributed by atoms with Gasteiger partial charge < -0.3 is 9.84 Å². The lowest BCUT2D eigenvalue weighted by molar-refractivity contribution is 0.133. The highest BCUT2D eigenvalue weighted by molar-refractivity contribution is 5.33. The Morgan fingerprint density at radius 3 is 3.08 bits per heavy atom. The van der Waals surface area contributed by atoms with E-state index in [-0.39, 0.29) is 6.61 Å². The number of aliphatic hydroxyl groups excluding tert-OH is 1. The van der Waals surface area contributed by atoms with Gasteiger partial charge in [0.05, 0.1) is 25.5 Å². The molecule has 0 unspecified atom stereocenters. The highest BCUT2D eigenvalue weighted by atomic mass is 16.5. The number of rotatable bonds is 2. The van der Waals surface area contributed by atoms with E-state index in [0.717, 1.165) is 23.4 Å². The largest absolute Gasteiger partial charge is 0.390 e. The average Bonchev–Trinajstić information content (AvgIpc) is 2.63. The fourth-order valence-corrected chi connectivity index (χ4v) is 1.63. The van der Waals surface area contributed by atoms with Gasteiger partial charge in [0, 0.05) is 11.3 Å². The van der Waals surface area contributed by atoms with E-state index >= 15 is 0 Å². The van der Waals surface area contributed by atoms with Crippen LogP contribution in [0, 0.1) is 0 Å². The van der Waals surface area contributed by atoms with Gasteiger partial charge in [-0.2, -0.15) is 0 Å². The first-order valence-electron chi connectivity index (χ1n) is 4.54. The zero-order chi connectivity index (χ0) is 9.26. The predicted octanol–water partition coefficient (Wildman–Crippen LogP) is 1.17. The fraction of sp³-hybridized carbons (Fsp3) is 0.500. The van der Waals surface area contributed by atoms with E-state index in [9.17, 15) is 0 Å². The van der Waals surface area contributed by atoms with E-state index in [1.165, 1.54) is 5.56 Å². The van der Waals surface area contributed by atoms with Crippen LogP contribution in [0.4, 0.5) is 0 Å². The van der Waals surface area contributed by atoms with Gasteiger partial charge in [0.1, 0.15) is 0 Å². The van der Waals surface area contributed by atoms with Gasteiger partial charge in [-0.15, -0.1) is 0 Å². The maximum Gasteiger partial charge on any atom is 0.0856 e. The molecule has 1 aliphatic rings. The maximum absolute atomic E-state index is 9.10. The minimum atomic E-state index is 0.0134. The van der Waals surface area contributed by atoms with Crippen LogP contribution in [0.25, 0.3) is 0 Å². The van der Waals surface area contributed by atoms with Crippen LogP contribution in [0.5, 0.6) is 0 Å². The molecule has 0 amide bonds. The lowest BCUT2D eigenvalue weighted by atomic mass is 10.1. The molecular formula is C10H13NO2. The topological polar surface area (TPSA) is 42.4 Å². The quantitative estimate of drug-likeness (QED) is 0.741. The molecule has 1 N–H and O–H groups in total. The molecule has 70 valence electrons. The van der Waals surface area contributed by atoms with E-state index < -0.39 is 0 Å². The van der Waals surface area contributed by atoms with Crippen LogP contribution >= 0.6 is 0 Å². The SMILES string of the molecule is CCc1cc2c(c(CO)n1)COC2. The Kier molecular flexibility index (Phi) is 2.29. The van der Waals surface area contributed by atoms with E-state index in [1.54, 1.807) is 0 Å².